The van der Waals surface area contributed by atoms with Gasteiger partial charge in [-0.2, -0.15) is 0 Å². The SMILES string of the molecule is Cc1nc2cc(NC(=O)c3ccc(OC(F)(F)F)cc3)ccc2o1. The van der Waals surface area contributed by atoms with Crippen molar-refractivity contribution in [2.24, 2.45) is 0 Å². The number of halogens is 3. The number of rotatable bonds is 3. The van der Waals surface area contributed by atoms with Crippen molar-refractivity contribution in [3.05, 3.63) is 53.9 Å². The Morgan fingerprint density at radius 2 is 1.88 bits per heavy atom. The minimum atomic E-state index is -4.77. The van der Waals surface area contributed by atoms with E-state index in [9.17, 15) is 18.0 Å². The molecule has 0 fully saturated rings. The van der Waals surface area contributed by atoms with Crippen LogP contribution < -0.4 is 10.1 Å². The van der Waals surface area contributed by atoms with Crippen LogP contribution in [0.5, 0.6) is 5.75 Å². The second-order valence-electron chi connectivity index (χ2n) is 4.94. The van der Waals surface area contributed by atoms with Crippen LogP contribution in [0.25, 0.3) is 11.1 Å². The van der Waals surface area contributed by atoms with E-state index in [1.165, 1.54) is 12.1 Å². The minimum Gasteiger partial charge on any atom is -0.441 e. The van der Waals surface area contributed by atoms with Gasteiger partial charge in [0.05, 0.1) is 0 Å². The number of hydrogen-bond acceptors (Lipinski definition) is 4. The second kappa shape index (κ2) is 5.88. The molecule has 1 heterocycles. The molecule has 2 aromatic carbocycles. The number of ether oxygens (including phenoxy) is 1. The summed E-state index contributed by atoms with van der Waals surface area (Å²) in [7, 11) is 0. The first-order chi connectivity index (χ1) is 11.3. The summed E-state index contributed by atoms with van der Waals surface area (Å²) in [5.74, 6) is -0.347. The lowest BCUT2D eigenvalue weighted by atomic mass is 10.2. The molecule has 1 N–H and O–H groups in total. The Balaban J connectivity index is 1.73. The number of aromatic nitrogens is 1. The van der Waals surface area contributed by atoms with Gasteiger partial charge in [-0.25, -0.2) is 4.98 Å². The number of nitrogens with one attached hydrogen (secondary N) is 1. The number of hydrogen-bond donors (Lipinski definition) is 1. The fourth-order valence-electron chi connectivity index (χ4n) is 2.13. The number of oxazole rings is 1. The lowest BCUT2D eigenvalue weighted by molar-refractivity contribution is -0.274. The maximum atomic E-state index is 12.1. The Morgan fingerprint density at radius 3 is 2.54 bits per heavy atom. The molecule has 24 heavy (non-hydrogen) atoms. The number of anilines is 1. The first-order valence-electron chi connectivity index (χ1n) is 6.84. The molecule has 0 saturated heterocycles. The van der Waals surface area contributed by atoms with E-state index in [0.717, 1.165) is 12.1 Å². The molecule has 0 spiro atoms. The van der Waals surface area contributed by atoms with Crippen molar-refractivity contribution in [3.63, 3.8) is 0 Å². The molecule has 0 saturated carbocycles. The summed E-state index contributed by atoms with van der Waals surface area (Å²) in [5.41, 5.74) is 1.88. The van der Waals surface area contributed by atoms with E-state index in [1.54, 1.807) is 25.1 Å². The second-order valence-corrected chi connectivity index (χ2v) is 4.94. The molecule has 124 valence electrons. The quantitative estimate of drug-likeness (QED) is 0.775. The van der Waals surface area contributed by atoms with Crippen molar-refractivity contribution in [1.29, 1.82) is 0 Å². The van der Waals surface area contributed by atoms with E-state index in [2.05, 4.69) is 15.0 Å². The molecule has 0 atom stereocenters. The normalized spacial score (nSPS) is 11.5. The number of fused-ring (bicyclic) bond motifs is 1. The highest BCUT2D eigenvalue weighted by molar-refractivity contribution is 6.04. The fraction of sp³-hybridized carbons (Fsp3) is 0.125. The average Bonchev–Trinajstić information content (AvgIpc) is 2.85. The van der Waals surface area contributed by atoms with E-state index in [0.29, 0.717) is 22.7 Å². The highest BCUT2D eigenvalue weighted by atomic mass is 19.4. The molecule has 0 radical (unpaired) electrons. The molecule has 0 unspecified atom stereocenters. The van der Waals surface area contributed by atoms with Gasteiger partial charge in [0.25, 0.3) is 5.91 Å². The summed E-state index contributed by atoms with van der Waals surface area (Å²) in [6.07, 6.45) is -4.77. The van der Waals surface area contributed by atoms with Crippen molar-refractivity contribution in [2.45, 2.75) is 13.3 Å². The lowest BCUT2D eigenvalue weighted by Crippen LogP contribution is -2.17. The Labute approximate surface area is 134 Å². The van der Waals surface area contributed by atoms with Gasteiger partial charge in [0, 0.05) is 18.2 Å². The topological polar surface area (TPSA) is 64.4 Å². The molecule has 1 amide bonds. The van der Waals surface area contributed by atoms with Gasteiger partial charge in [0.2, 0.25) is 0 Å². The summed E-state index contributed by atoms with van der Waals surface area (Å²) in [4.78, 5) is 16.3. The van der Waals surface area contributed by atoms with Crippen molar-refractivity contribution in [3.8, 4) is 5.75 Å². The van der Waals surface area contributed by atoms with E-state index in [1.807, 2.05) is 0 Å². The summed E-state index contributed by atoms with van der Waals surface area (Å²) >= 11 is 0. The fourth-order valence-corrected chi connectivity index (χ4v) is 2.13. The van der Waals surface area contributed by atoms with Gasteiger partial charge in [-0.1, -0.05) is 0 Å². The van der Waals surface area contributed by atoms with Crippen LogP contribution in [0.15, 0.2) is 46.9 Å². The maximum Gasteiger partial charge on any atom is 0.573 e. The van der Waals surface area contributed by atoms with Crippen LogP contribution in [-0.4, -0.2) is 17.3 Å². The molecule has 0 aliphatic carbocycles. The van der Waals surface area contributed by atoms with Gasteiger partial charge in [-0.15, -0.1) is 13.2 Å². The van der Waals surface area contributed by atoms with Crippen LogP contribution in [-0.2, 0) is 0 Å². The van der Waals surface area contributed by atoms with Crippen LogP contribution in [0.2, 0.25) is 0 Å². The predicted molar refractivity (Wildman–Crippen MR) is 79.8 cm³/mol. The molecule has 0 bridgehead atoms. The smallest absolute Gasteiger partial charge is 0.441 e. The Bertz CT molecular complexity index is 886. The maximum absolute atomic E-state index is 12.1. The largest absolute Gasteiger partial charge is 0.573 e. The zero-order valence-electron chi connectivity index (χ0n) is 12.3. The summed E-state index contributed by atoms with van der Waals surface area (Å²) < 4.78 is 45.4. The highest BCUT2D eigenvalue weighted by Gasteiger charge is 2.31. The molecule has 1 aromatic heterocycles. The molecule has 0 aliphatic heterocycles. The van der Waals surface area contributed by atoms with Crippen LogP contribution in [0.1, 0.15) is 16.2 Å². The van der Waals surface area contributed by atoms with Gasteiger partial charge in [-0.05, 0) is 42.5 Å². The molecular weight excluding hydrogens is 325 g/mol. The van der Waals surface area contributed by atoms with Crippen molar-refractivity contribution in [1.82, 2.24) is 4.98 Å². The molecule has 0 aliphatic rings. The first-order valence-corrected chi connectivity index (χ1v) is 6.84. The van der Waals surface area contributed by atoms with Crippen LogP contribution in [0.3, 0.4) is 0 Å². The minimum absolute atomic E-state index is 0.195. The van der Waals surface area contributed by atoms with Crippen molar-refractivity contribution < 1.29 is 27.1 Å². The third kappa shape index (κ3) is 3.65. The van der Waals surface area contributed by atoms with E-state index in [-0.39, 0.29) is 5.56 Å². The van der Waals surface area contributed by atoms with Crippen LogP contribution in [0.4, 0.5) is 18.9 Å². The summed E-state index contributed by atoms with van der Waals surface area (Å²) in [5, 5.41) is 2.64. The number of aryl methyl sites for hydroxylation is 1. The molecule has 8 heteroatoms. The van der Waals surface area contributed by atoms with E-state index >= 15 is 0 Å². The van der Waals surface area contributed by atoms with Gasteiger partial charge >= 0.3 is 6.36 Å². The number of alkyl halides is 3. The number of amides is 1. The Hall–Kier alpha value is -3.03. The van der Waals surface area contributed by atoms with E-state index < -0.39 is 18.0 Å². The van der Waals surface area contributed by atoms with Gasteiger partial charge in [0.1, 0.15) is 11.3 Å². The van der Waals surface area contributed by atoms with Crippen LogP contribution in [0, 0.1) is 6.92 Å². The van der Waals surface area contributed by atoms with Crippen molar-refractivity contribution in [2.75, 3.05) is 5.32 Å². The van der Waals surface area contributed by atoms with Gasteiger partial charge in [-0.3, -0.25) is 4.79 Å². The Kier molecular flexibility index (Phi) is 3.88. The first kappa shape index (κ1) is 15.9. The van der Waals surface area contributed by atoms with Gasteiger partial charge in [0.15, 0.2) is 11.5 Å². The third-order valence-electron chi connectivity index (χ3n) is 3.10. The van der Waals surface area contributed by atoms with Crippen molar-refractivity contribution >= 4 is 22.7 Å². The third-order valence-corrected chi connectivity index (χ3v) is 3.10. The van der Waals surface area contributed by atoms with Gasteiger partial charge < -0.3 is 14.5 Å². The van der Waals surface area contributed by atoms with E-state index in [4.69, 9.17) is 4.42 Å². The molecule has 3 aromatic rings. The standard InChI is InChI=1S/C16H11F3N2O3/c1-9-20-13-8-11(4-7-14(13)23-9)21-15(22)10-2-5-12(6-3-10)24-16(17,18)19/h2-8H,1H3,(H,21,22). The zero-order chi connectivity index (χ0) is 17.3. The predicted octanol–water partition coefficient (Wildman–Crippen LogP) is 4.29. The lowest BCUT2D eigenvalue weighted by Gasteiger charge is -2.09. The average molecular weight is 336 g/mol. The number of nitrogens with zero attached hydrogens (tertiary/aromatic N) is 1. The summed E-state index contributed by atoms with van der Waals surface area (Å²) in [6, 6.07) is 9.60. The summed E-state index contributed by atoms with van der Waals surface area (Å²) in [6.45, 7) is 1.71. The Morgan fingerprint density at radius 1 is 1.17 bits per heavy atom. The monoisotopic (exact) mass is 336 g/mol. The highest BCUT2D eigenvalue weighted by Crippen LogP contribution is 2.23. The van der Waals surface area contributed by atoms with Crippen LogP contribution >= 0.6 is 0 Å². The number of carbonyl (C=O) groups excluding carboxylic acids is 1. The zero-order valence-corrected chi connectivity index (χ0v) is 12.3. The number of carbonyl (C=O) groups is 1. The molecular formula is C16H11F3N2O3. The molecule has 3 rings (SSSR count). The number of benzene rings is 2. The molecule has 5 nitrogen and oxygen atoms in total.